The molecular weight excluding hydrogens is 647 g/mol. The quantitative estimate of drug-likeness (QED) is 0.164. The number of hydrogen-bond donors (Lipinski definition) is 0. The average molecular weight is 678 g/mol. The number of hydrogen-bond acceptors (Lipinski definition) is 4. The van der Waals surface area contributed by atoms with Crippen molar-refractivity contribution in [2.45, 2.75) is 0 Å². The van der Waals surface area contributed by atoms with Crippen LogP contribution in [-0.2, 0) is 0 Å². The highest BCUT2D eigenvalue weighted by molar-refractivity contribution is 6.24. The van der Waals surface area contributed by atoms with Crippen molar-refractivity contribution in [3.8, 4) is 62.4 Å². The highest BCUT2D eigenvalue weighted by atomic mass is 15.1. The Morgan fingerprint density at radius 1 is 0.302 bits per heavy atom. The van der Waals surface area contributed by atoms with Gasteiger partial charge in [-0.1, -0.05) is 158 Å². The Bertz CT molecular complexity index is 2860. The summed E-state index contributed by atoms with van der Waals surface area (Å²) in [6.45, 7) is 0. The zero-order valence-electron chi connectivity index (χ0n) is 28.6. The first-order valence-corrected chi connectivity index (χ1v) is 17.7. The minimum absolute atomic E-state index is 0.618. The Hall–Kier alpha value is -7.24. The molecule has 8 aromatic carbocycles. The van der Waals surface area contributed by atoms with Gasteiger partial charge in [0.05, 0.1) is 11.0 Å². The van der Waals surface area contributed by atoms with Crippen molar-refractivity contribution in [2.24, 2.45) is 0 Å². The summed E-state index contributed by atoms with van der Waals surface area (Å²) >= 11 is 0. The third kappa shape index (κ3) is 5.43. The largest absolute Gasteiger partial charge is 0.292 e. The first kappa shape index (κ1) is 30.6. The van der Waals surface area contributed by atoms with E-state index in [9.17, 15) is 0 Å². The van der Waals surface area contributed by atoms with Crippen molar-refractivity contribution in [1.82, 2.24) is 24.5 Å². The molecule has 10 aromatic rings. The number of benzene rings is 8. The maximum Gasteiger partial charge on any atom is 0.164 e. The van der Waals surface area contributed by atoms with E-state index >= 15 is 0 Å². The van der Waals surface area contributed by atoms with Crippen molar-refractivity contribution in [3.05, 3.63) is 188 Å². The molecule has 0 fully saturated rings. The molecule has 5 heteroatoms. The molecule has 0 aliphatic heterocycles. The molecule has 0 bridgehead atoms. The first-order valence-electron chi connectivity index (χ1n) is 17.7. The third-order valence-electron chi connectivity index (χ3n) is 9.84. The molecule has 10 rings (SSSR count). The van der Waals surface area contributed by atoms with E-state index < -0.39 is 0 Å². The van der Waals surface area contributed by atoms with Gasteiger partial charge in [-0.2, -0.15) is 0 Å². The Morgan fingerprint density at radius 3 is 1.32 bits per heavy atom. The van der Waals surface area contributed by atoms with Crippen molar-refractivity contribution in [3.63, 3.8) is 0 Å². The van der Waals surface area contributed by atoms with Crippen LogP contribution in [0.25, 0.3) is 94.9 Å². The van der Waals surface area contributed by atoms with Crippen LogP contribution in [0.2, 0.25) is 0 Å². The highest BCUT2D eigenvalue weighted by Gasteiger charge is 2.21. The van der Waals surface area contributed by atoms with Gasteiger partial charge in [-0.05, 0) is 52.2 Å². The van der Waals surface area contributed by atoms with Gasteiger partial charge in [0.1, 0.15) is 5.82 Å². The number of nitrogens with zero attached hydrogens (tertiary/aromatic N) is 5. The molecule has 0 atom stereocenters. The average Bonchev–Trinajstić information content (AvgIpc) is 3.66. The van der Waals surface area contributed by atoms with E-state index in [4.69, 9.17) is 19.9 Å². The number of fused-ring (bicyclic) bond motifs is 6. The molecule has 0 aliphatic carbocycles. The maximum atomic E-state index is 5.47. The molecular formula is C48H31N5. The van der Waals surface area contributed by atoms with E-state index in [1.165, 1.54) is 16.3 Å². The minimum atomic E-state index is 0.618. The van der Waals surface area contributed by atoms with Gasteiger partial charge in [0, 0.05) is 38.7 Å². The van der Waals surface area contributed by atoms with Gasteiger partial charge in [0.25, 0.3) is 0 Å². The molecule has 0 unspecified atom stereocenters. The van der Waals surface area contributed by atoms with E-state index in [2.05, 4.69) is 132 Å². The predicted molar refractivity (Wildman–Crippen MR) is 217 cm³/mol. The molecule has 0 saturated heterocycles. The van der Waals surface area contributed by atoms with Gasteiger partial charge in [-0.15, -0.1) is 0 Å². The lowest BCUT2D eigenvalue weighted by Gasteiger charge is -2.14. The summed E-state index contributed by atoms with van der Waals surface area (Å²) in [6, 6.07) is 65.1. The fraction of sp³-hybridized carbons (Fsp3) is 0. The van der Waals surface area contributed by atoms with Crippen molar-refractivity contribution in [2.75, 3.05) is 0 Å². The summed E-state index contributed by atoms with van der Waals surface area (Å²) < 4.78 is 2.32. The summed E-state index contributed by atoms with van der Waals surface area (Å²) in [6.07, 6.45) is 0. The molecule has 0 N–H and O–H groups in total. The topological polar surface area (TPSA) is 56.5 Å². The standard InChI is InChI=1S/C48H31N5/c1-4-15-32(16-5-1)36-21-14-22-37(31-36)48-49-43-41-25-12-10-23-39(41)40-24-11-13-26-42(40)44(43)53(48)38-29-27-35(28-30-38)47-51-45(33-17-6-2-7-18-33)50-46(52-47)34-19-8-3-9-20-34/h1-31H. The van der Waals surface area contributed by atoms with Gasteiger partial charge in [0.15, 0.2) is 17.5 Å². The number of imidazole rings is 1. The summed E-state index contributed by atoms with van der Waals surface area (Å²) in [4.78, 5) is 20.3. The molecule has 2 heterocycles. The van der Waals surface area contributed by atoms with Crippen LogP contribution in [0.5, 0.6) is 0 Å². The second-order valence-corrected chi connectivity index (χ2v) is 13.1. The van der Waals surface area contributed by atoms with Gasteiger partial charge >= 0.3 is 0 Å². The van der Waals surface area contributed by atoms with Crippen LogP contribution in [0.1, 0.15) is 0 Å². The lowest BCUT2D eigenvalue weighted by Crippen LogP contribution is -2.01. The van der Waals surface area contributed by atoms with Gasteiger partial charge < -0.3 is 0 Å². The first-order chi connectivity index (χ1) is 26.3. The smallest absolute Gasteiger partial charge is 0.164 e. The molecule has 0 radical (unpaired) electrons. The summed E-state index contributed by atoms with van der Waals surface area (Å²) in [7, 11) is 0. The van der Waals surface area contributed by atoms with Crippen LogP contribution in [0, 0.1) is 0 Å². The zero-order valence-corrected chi connectivity index (χ0v) is 28.6. The molecule has 53 heavy (non-hydrogen) atoms. The number of rotatable bonds is 6. The zero-order chi connectivity index (χ0) is 35.1. The fourth-order valence-corrected chi connectivity index (χ4v) is 7.32. The van der Waals surface area contributed by atoms with E-state index in [-0.39, 0.29) is 0 Å². The van der Waals surface area contributed by atoms with Crippen molar-refractivity contribution < 1.29 is 0 Å². The molecule has 0 saturated carbocycles. The van der Waals surface area contributed by atoms with Crippen molar-refractivity contribution >= 4 is 32.6 Å². The summed E-state index contributed by atoms with van der Waals surface area (Å²) in [5, 5.41) is 4.67. The van der Waals surface area contributed by atoms with E-state index in [1.807, 2.05) is 60.7 Å². The molecule has 0 amide bonds. The second kappa shape index (κ2) is 12.8. The van der Waals surface area contributed by atoms with Crippen LogP contribution in [-0.4, -0.2) is 24.5 Å². The van der Waals surface area contributed by atoms with Crippen LogP contribution in [0.3, 0.4) is 0 Å². The summed E-state index contributed by atoms with van der Waals surface area (Å²) in [5.74, 6) is 2.77. The second-order valence-electron chi connectivity index (χ2n) is 13.1. The SMILES string of the molecule is c1ccc(-c2cccc(-c3nc4c5ccccc5c5ccccc5c4n3-c3ccc(-c4nc(-c5ccccc5)nc(-c5ccccc5)n4)cc3)c2)cc1. The number of aromatic nitrogens is 5. The van der Waals surface area contributed by atoms with Crippen LogP contribution < -0.4 is 0 Å². The van der Waals surface area contributed by atoms with Crippen molar-refractivity contribution in [1.29, 1.82) is 0 Å². The Kier molecular flexibility index (Phi) is 7.40. The monoisotopic (exact) mass is 677 g/mol. The maximum absolute atomic E-state index is 5.47. The molecule has 0 spiro atoms. The Morgan fingerprint density at radius 2 is 0.736 bits per heavy atom. The third-order valence-corrected chi connectivity index (χ3v) is 9.84. The van der Waals surface area contributed by atoms with E-state index in [0.29, 0.717) is 17.5 Å². The van der Waals surface area contributed by atoms with Gasteiger partial charge in [-0.25, -0.2) is 19.9 Å². The molecule has 5 nitrogen and oxygen atoms in total. The van der Waals surface area contributed by atoms with E-state index in [1.54, 1.807) is 0 Å². The molecule has 2 aromatic heterocycles. The predicted octanol–water partition coefficient (Wildman–Crippen LogP) is 11.9. The fourth-order valence-electron chi connectivity index (χ4n) is 7.32. The Balaban J connectivity index is 1.19. The highest BCUT2D eigenvalue weighted by Crippen LogP contribution is 2.40. The lowest BCUT2D eigenvalue weighted by molar-refractivity contribution is 1.07. The normalized spacial score (nSPS) is 11.4. The van der Waals surface area contributed by atoms with Crippen LogP contribution >= 0.6 is 0 Å². The lowest BCUT2D eigenvalue weighted by atomic mass is 10.00. The van der Waals surface area contributed by atoms with Crippen LogP contribution in [0.4, 0.5) is 0 Å². The van der Waals surface area contributed by atoms with Gasteiger partial charge in [-0.3, -0.25) is 4.57 Å². The van der Waals surface area contributed by atoms with Gasteiger partial charge in [0.2, 0.25) is 0 Å². The van der Waals surface area contributed by atoms with Crippen LogP contribution in [0.15, 0.2) is 188 Å². The minimum Gasteiger partial charge on any atom is -0.292 e. The Labute approximate surface area is 306 Å². The van der Waals surface area contributed by atoms with E-state index in [0.717, 1.165) is 61.1 Å². The molecule has 248 valence electrons. The summed E-state index contributed by atoms with van der Waals surface area (Å²) in [5.41, 5.74) is 9.18. The molecule has 0 aliphatic rings.